The fourth-order valence-electron chi connectivity index (χ4n) is 1.28. The number of carbonyl (C=O) groups excluding carboxylic acids is 2. The second kappa shape index (κ2) is 5.93. The van der Waals surface area contributed by atoms with E-state index >= 15 is 0 Å². The number of hydrogen-bond donors (Lipinski definition) is 0. The molecule has 6 heteroatoms. The number of alkyl halides is 2. The zero-order chi connectivity index (χ0) is 12.8. The number of benzene rings is 1. The topological polar surface area (TPSA) is 52.6 Å². The van der Waals surface area contributed by atoms with E-state index in [0.29, 0.717) is 12.6 Å². The van der Waals surface area contributed by atoms with Gasteiger partial charge in [-0.25, -0.2) is 0 Å². The normalized spacial score (nSPS) is 10.1. The molecular weight excluding hydrogens is 234 g/mol. The highest BCUT2D eigenvalue weighted by molar-refractivity contribution is 5.87. The molecule has 4 nitrogen and oxygen atoms in total. The first-order valence-corrected chi connectivity index (χ1v) is 4.78. The minimum absolute atomic E-state index is 0.0560. The van der Waals surface area contributed by atoms with E-state index in [0.717, 1.165) is 6.07 Å². The van der Waals surface area contributed by atoms with Crippen molar-refractivity contribution in [3.63, 3.8) is 0 Å². The summed E-state index contributed by atoms with van der Waals surface area (Å²) < 4.78 is 33.6. The smallest absolute Gasteiger partial charge is 0.387 e. The Morgan fingerprint density at radius 1 is 1.29 bits per heavy atom. The Hall–Kier alpha value is -1.98. The molecule has 92 valence electrons. The molecule has 0 fully saturated rings. The molecular formula is C11H10F2O4. The van der Waals surface area contributed by atoms with Crippen molar-refractivity contribution in [3.8, 4) is 11.5 Å². The monoisotopic (exact) mass is 244 g/mol. The van der Waals surface area contributed by atoms with Crippen LogP contribution in [0, 0.1) is 0 Å². The summed E-state index contributed by atoms with van der Waals surface area (Å²) in [5.41, 5.74) is -0.00415. The molecule has 0 radical (unpaired) electrons. The minimum Gasteiger partial charge on any atom is -0.490 e. The number of carbonyl (C=O) groups is 2. The minimum atomic E-state index is -3.07. The van der Waals surface area contributed by atoms with Gasteiger partial charge in [0.15, 0.2) is 17.8 Å². The molecule has 0 N–H and O–H groups in total. The lowest BCUT2D eigenvalue weighted by Crippen LogP contribution is -2.07. The fourth-order valence-corrected chi connectivity index (χ4v) is 1.28. The molecule has 1 aromatic carbocycles. The Labute approximate surface area is 96.1 Å². The van der Waals surface area contributed by atoms with Gasteiger partial charge in [-0.1, -0.05) is 0 Å². The van der Waals surface area contributed by atoms with E-state index in [4.69, 9.17) is 4.74 Å². The Balaban J connectivity index is 3.29. The van der Waals surface area contributed by atoms with Gasteiger partial charge in [0, 0.05) is 5.56 Å². The summed E-state index contributed by atoms with van der Waals surface area (Å²) in [6.45, 7) is -1.24. The maximum atomic E-state index is 12.2. The first-order chi connectivity index (χ1) is 8.12. The van der Waals surface area contributed by atoms with Gasteiger partial charge in [-0.05, 0) is 19.1 Å². The van der Waals surface area contributed by atoms with E-state index in [-0.39, 0.29) is 29.2 Å². The number of ether oxygens (including phenoxy) is 2. The summed E-state index contributed by atoms with van der Waals surface area (Å²) in [4.78, 5) is 21.3. The number of hydrogen-bond acceptors (Lipinski definition) is 4. The lowest BCUT2D eigenvalue weighted by atomic mass is 10.1. The van der Waals surface area contributed by atoms with Gasteiger partial charge < -0.3 is 9.47 Å². The first-order valence-electron chi connectivity index (χ1n) is 4.78. The van der Waals surface area contributed by atoms with Crippen LogP contribution in [0.1, 0.15) is 27.6 Å². The van der Waals surface area contributed by atoms with E-state index in [1.54, 1.807) is 6.92 Å². The molecule has 0 spiro atoms. The molecule has 1 rings (SSSR count). The summed E-state index contributed by atoms with van der Waals surface area (Å²) in [5, 5.41) is 0. The maximum Gasteiger partial charge on any atom is 0.387 e. The molecule has 0 bridgehead atoms. The third-order valence-corrected chi connectivity index (χ3v) is 1.88. The molecule has 0 saturated carbocycles. The van der Waals surface area contributed by atoms with Gasteiger partial charge in [0.25, 0.3) is 0 Å². The van der Waals surface area contributed by atoms with Crippen LogP contribution in [-0.4, -0.2) is 25.8 Å². The molecule has 0 aliphatic heterocycles. The summed E-state index contributed by atoms with van der Waals surface area (Å²) in [7, 11) is 0. The summed E-state index contributed by atoms with van der Waals surface area (Å²) in [5.74, 6) is -0.415. The van der Waals surface area contributed by atoms with Crippen LogP contribution in [0.3, 0.4) is 0 Å². The second-order valence-corrected chi connectivity index (χ2v) is 2.98. The SMILES string of the molecule is CCOc1cc(C=O)cc(C=O)c1OC(F)F. The molecule has 0 atom stereocenters. The van der Waals surface area contributed by atoms with Crippen LogP contribution in [0.4, 0.5) is 8.78 Å². The predicted octanol–water partition coefficient (Wildman–Crippen LogP) is 2.31. The van der Waals surface area contributed by atoms with Crippen LogP contribution < -0.4 is 9.47 Å². The lowest BCUT2D eigenvalue weighted by Gasteiger charge is -2.13. The van der Waals surface area contributed by atoms with Crippen LogP contribution in [0.5, 0.6) is 11.5 Å². The third kappa shape index (κ3) is 3.24. The summed E-state index contributed by atoms with van der Waals surface area (Å²) in [6.07, 6.45) is 0.814. The van der Waals surface area contributed by atoms with Crippen molar-refractivity contribution < 1.29 is 27.8 Å². The Morgan fingerprint density at radius 2 is 2.00 bits per heavy atom. The molecule has 0 amide bonds. The van der Waals surface area contributed by atoms with Crippen molar-refractivity contribution in [2.75, 3.05) is 6.61 Å². The van der Waals surface area contributed by atoms with E-state index in [9.17, 15) is 18.4 Å². The molecule has 0 aromatic heterocycles. The van der Waals surface area contributed by atoms with Crippen molar-refractivity contribution in [2.24, 2.45) is 0 Å². The average Bonchev–Trinajstić information content (AvgIpc) is 2.30. The van der Waals surface area contributed by atoms with Gasteiger partial charge in [-0.2, -0.15) is 8.78 Å². The molecule has 0 saturated heterocycles. The summed E-state index contributed by atoms with van der Waals surface area (Å²) in [6, 6.07) is 2.39. The van der Waals surface area contributed by atoms with Crippen LogP contribution in [0.15, 0.2) is 12.1 Å². The van der Waals surface area contributed by atoms with E-state index < -0.39 is 6.61 Å². The average molecular weight is 244 g/mol. The molecule has 0 aliphatic rings. The standard InChI is InChI=1S/C11H10F2O4/c1-2-16-9-4-7(5-14)3-8(6-15)10(9)17-11(12)13/h3-6,11H,2H2,1H3. The molecule has 17 heavy (non-hydrogen) atoms. The number of rotatable bonds is 6. The molecule has 1 aromatic rings. The van der Waals surface area contributed by atoms with Crippen LogP contribution >= 0.6 is 0 Å². The molecule has 0 unspecified atom stereocenters. The van der Waals surface area contributed by atoms with Crippen molar-refractivity contribution in [1.29, 1.82) is 0 Å². The Kier molecular flexibility index (Phi) is 4.56. The Bertz CT molecular complexity index is 418. The highest BCUT2D eigenvalue weighted by atomic mass is 19.3. The highest BCUT2D eigenvalue weighted by Crippen LogP contribution is 2.33. The van der Waals surface area contributed by atoms with Crippen molar-refractivity contribution in [3.05, 3.63) is 23.3 Å². The largest absolute Gasteiger partial charge is 0.490 e. The number of halogens is 2. The molecule has 0 aliphatic carbocycles. The lowest BCUT2D eigenvalue weighted by molar-refractivity contribution is -0.0516. The van der Waals surface area contributed by atoms with Gasteiger partial charge in [-0.15, -0.1) is 0 Å². The highest BCUT2D eigenvalue weighted by Gasteiger charge is 2.17. The van der Waals surface area contributed by atoms with Gasteiger partial charge in [0.05, 0.1) is 12.2 Å². The maximum absolute atomic E-state index is 12.2. The van der Waals surface area contributed by atoms with Crippen LogP contribution in [0.25, 0.3) is 0 Å². The Morgan fingerprint density at radius 3 is 2.47 bits per heavy atom. The van der Waals surface area contributed by atoms with Gasteiger partial charge in [0.2, 0.25) is 0 Å². The van der Waals surface area contributed by atoms with Gasteiger partial charge >= 0.3 is 6.61 Å². The third-order valence-electron chi connectivity index (χ3n) is 1.88. The van der Waals surface area contributed by atoms with Gasteiger partial charge in [0.1, 0.15) is 6.29 Å². The van der Waals surface area contributed by atoms with Crippen molar-refractivity contribution in [1.82, 2.24) is 0 Å². The number of aldehydes is 2. The quantitative estimate of drug-likeness (QED) is 0.720. The fraction of sp³-hybridized carbons (Fsp3) is 0.273. The van der Waals surface area contributed by atoms with E-state index in [2.05, 4.69) is 4.74 Å². The first kappa shape index (κ1) is 13.1. The zero-order valence-corrected chi connectivity index (χ0v) is 8.98. The van der Waals surface area contributed by atoms with Crippen LogP contribution in [-0.2, 0) is 0 Å². The van der Waals surface area contributed by atoms with E-state index in [1.165, 1.54) is 6.07 Å². The van der Waals surface area contributed by atoms with E-state index in [1.807, 2.05) is 0 Å². The van der Waals surface area contributed by atoms with Gasteiger partial charge in [-0.3, -0.25) is 9.59 Å². The van der Waals surface area contributed by atoms with Crippen molar-refractivity contribution in [2.45, 2.75) is 13.5 Å². The van der Waals surface area contributed by atoms with Crippen molar-refractivity contribution >= 4 is 12.6 Å². The predicted molar refractivity (Wildman–Crippen MR) is 55.0 cm³/mol. The van der Waals surface area contributed by atoms with Crippen LogP contribution in [0.2, 0.25) is 0 Å². The second-order valence-electron chi connectivity index (χ2n) is 2.98. The summed E-state index contributed by atoms with van der Waals surface area (Å²) >= 11 is 0. The molecule has 0 heterocycles. The zero-order valence-electron chi connectivity index (χ0n) is 8.98.